The largest absolute Gasteiger partial charge is 0.390 e. The number of carbonyl (C=O) groups is 1. The Morgan fingerprint density at radius 3 is 2.35 bits per heavy atom. The SMILES string of the molecule is O=C(CNC12C[C@@H]3C[C@@H](CC(O)(C3)C1)C2)C1CCCC1. The van der Waals surface area contributed by atoms with E-state index in [1.54, 1.807) is 0 Å². The molecule has 0 radical (unpaired) electrons. The van der Waals surface area contributed by atoms with Crippen molar-refractivity contribution in [3.63, 3.8) is 0 Å². The Morgan fingerprint density at radius 1 is 1.10 bits per heavy atom. The number of rotatable bonds is 4. The molecule has 2 unspecified atom stereocenters. The van der Waals surface area contributed by atoms with E-state index in [-0.39, 0.29) is 5.54 Å². The molecular weight excluding hydrogens is 250 g/mol. The minimum absolute atomic E-state index is 0.0765. The Hall–Kier alpha value is -0.410. The van der Waals surface area contributed by atoms with Gasteiger partial charge in [-0.2, -0.15) is 0 Å². The van der Waals surface area contributed by atoms with Crippen molar-refractivity contribution >= 4 is 5.78 Å². The lowest BCUT2D eigenvalue weighted by Gasteiger charge is -2.60. The summed E-state index contributed by atoms with van der Waals surface area (Å²) >= 11 is 0. The van der Waals surface area contributed by atoms with Crippen LogP contribution in [0, 0.1) is 17.8 Å². The maximum atomic E-state index is 12.3. The van der Waals surface area contributed by atoms with Crippen molar-refractivity contribution in [2.24, 2.45) is 17.8 Å². The molecule has 5 rings (SSSR count). The van der Waals surface area contributed by atoms with E-state index in [1.807, 2.05) is 0 Å². The molecule has 20 heavy (non-hydrogen) atoms. The van der Waals surface area contributed by atoms with Gasteiger partial charge in [0.1, 0.15) is 5.78 Å². The summed E-state index contributed by atoms with van der Waals surface area (Å²) in [6.07, 6.45) is 11.2. The maximum absolute atomic E-state index is 12.3. The molecule has 0 aliphatic heterocycles. The van der Waals surface area contributed by atoms with Crippen LogP contribution >= 0.6 is 0 Å². The van der Waals surface area contributed by atoms with E-state index in [0.29, 0.717) is 30.1 Å². The molecule has 0 aromatic heterocycles. The summed E-state index contributed by atoms with van der Waals surface area (Å²) in [6, 6.07) is 0. The molecule has 112 valence electrons. The van der Waals surface area contributed by atoms with Crippen molar-refractivity contribution in [1.82, 2.24) is 5.32 Å². The Bertz CT molecular complexity index is 399. The lowest BCUT2D eigenvalue weighted by molar-refractivity contribution is -0.145. The highest BCUT2D eigenvalue weighted by Gasteiger charge is 2.57. The summed E-state index contributed by atoms with van der Waals surface area (Å²) in [5, 5.41) is 14.3. The molecule has 0 aromatic rings. The molecule has 5 fully saturated rings. The average Bonchev–Trinajstić information content (AvgIpc) is 2.86. The summed E-state index contributed by atoms with van der Waals surface area (Å²) in [5.74, 6) is 2.12. The second kappa shape index (κ2) is 4.54. The van der Waals surface area contributed by atoms with Crippen molar-refractivity contribution in [3.05, 3.63) is 0 Å². The molecule has 3 nitrogen and oxygen atoms in total. The fraction of sp³-hybridized carbons (Fsp3) is 0.941. The molecule has 3 heteroatoms. The fourth-order valence-electron chi connectivity index (χ4n) is 6.09. The molecule has 2 N–H and O–H groups in total. The quantitative estimate of drug-likeness (QED) is 0.829. The van der Waals surface area contributed by atoms with Gasteiger partial charge in [0.25, 0.3) is 0 Å². The summed E-state index contributed by atoms with van der Waals surface area (Å²) in [6.45, 7) is 0.542. The normalized spacial score (nSPS) is 47.0. The van der Waals surface area contributed by atoms with Crippen molar-refractivity contribution in [3.8, 4) is 0 Å². The van der Waals surface area contributed by atoms with Gasteiger partial charge in [0.05, 0.1) is 12.1 Å². The number of nitrogens with one attached hydrogen (secondary N) is 1. The van der Waals surface area contributed by atoms with Gasteiger partial charge in [0.2, 0.25) is 0 Å². The van der Waals surface area contributed by atoms with Gasteiger partial charge in [-0.25, -0.2) is 0 Å². The Kier molecular flexibility index (Phi) is 3.01. The predicted molar refractivity (Wildman–Crippen MR) is 77.3 cm³/mol. The average molecular weight is 277 g/mol. The standard InChI is InChI=1S/C17H27NO2/c19-15(14-3-1-2-4-14)10-18-16-6-12-5-13(7-16)9-17(20,8-12)11-16/h12-14,18,20H,1-11H2/t12-,13+,16?,17?. The van der Waals surface area contributed by atoms with Crippen molar-refractivity contribution in [1.29, 1.82) is 0 Å². The lowest BCUT2D eigenvalue weighted by Crippen LogP contribution is -2.65. The monoisotopic (exact) mass is 277 g/mol. The van der Waals surface area contributed by atoms with E-state index in [4.69, 9.17) is 0 Å². The highest BCUT2D eigenvalue weighted by Crippen LogP contribution is 2.57. The van der Waals surface area contributed by atoms with Gasteiger partial charge in [0.15, 0.2) is 0 Å². The Balaban J connectivity index is 1.42. The highest BCUT2D eigenvalue weighted by molar-refractivity contribution is 5.83. The molecule has 5 aliphatic rings. The van der Waals surface area contributed by atoms with E-state index in [0.717, 1.165) is 32.1 Å². The van der Waals surface area contributed by atoms with Crippen molar-refractivity contribution in [2.75, 3.05) is 6.54 Å². The lowest BCUT2D eigenvalue weighted by atomic mass is 9.51. The van der Waals surface area contributed by atoms with Crippen LogP contribution in [0.4, 0.5) is 0 Å². The molecule has 0 heterocycles. The minimum Gasteiger partial charge on any atom is -0.390 e. The fourth-order valence-corrected chi connectivity index (χ4v) is 6.09. The highest BCUT2D eigenvalue weighted by atomic mass is 16.3. The van der Waals surface area contributed by atoms with Crippen LogP contribution in [-0.4, -0.2) is 28.6 Å². The number of hydrogen-bond donors (Lipinski definition) is 2. The van der Waals surface area contributed by atoms with Crippen LogP contribution in [0.15, 0.2) is 0 Å². The van der Waals surface area contributed by atoms with E-state index < -0.39 is 5.60 Å². The van der Waals surface area contributed by atoms with E-state index in [9.17, 15) is 9.90 Å². The van der Waals surface area contributed by atoms with Gasteiger partial charge in [-0.1, -0.05) is 12.8 Å². The van der Waals surface area contributed by atoms with Gasteiger partial charge in [-0.3, -0.25) is 4.79 Å². The predicted octanol–water partition coefficient (Wildman–Crippen LogP) is 2.42. The van der Waals surface area contributed by atoms with Crippen LogP contribution in [0.3, 0.4) is 0 Å². The first-order chi connectivity index (χ1) is 9.56. The molecule has 0 aromatic carbocycles. The number of ketones is 1. The van der Waals surface area contributed by atoms with Crippen LogP contribution in [0.1, 0.15) is 64.2 Å². The zero-order valence-corrected chi connectivity index (χ0v) is 12.4. The van der Waals surface area contributed by atoms with Crippen LogP contribution in [0.5, 0.6) is 0 Å². The first kappa shape index (κ1) is 13.3. The first-order valence-electron chi connectivity index (χ1n) is 8.56. The number of carbonyl (C=O) groups excluding carboxylic acids is 1. The molecule has 5 aliphatic carbocycles. The minimum atomic E-state index is -0.423. The number of hydrogen-bond acceptors (Lipinski definition) is 3. The van der Waals surface area contributed by atoms with E-state index >= 15 is 0 Å². The molecule has 0 saturated heterocycles. The van der Waals surface area contributed by atoms with Gasteiger partial charge >= 0.3 is 0 Å². The summed E-state index contributed by atoms with van der Waals surface area (Å²) in [4.78, 5) is 12.3. The van der Waals surface area contributed by atoms with E-state index in [1.165, 1.54) is 32.1 Å². The van der Waals surface area contributed by atoms with Crippen molar-refractivity contribution < 1.29 is 9.90 Å². The van der Waals surface area contributed by atoms with Gasteiger partial charge in [-0.05, 0) is 63.2 Å². The third kappa shape index (κ3) is 2.23. The smallest absolute Gasteiger partial charge is 0.149 e. The molecule has 0 spiro atoms. The Morgan fingerprint density at radius 2 is 1.75 bits per heavy atom. The van der Waals surface area contributed by atoms with Crippen molar-refractivity contribution in [2.45, 2.75) is 75.3 Å². The van der Waals surface area contributed by atoms with Crippen LogP contribution < -0.4 is 5.32 Å². The molecule has 4 atom stereocenters. The third-order valence-corrected chi connectivity index (χ3v) is 6.48. The first-order valence-corrected chi connectivity index (χ1v) is 8.56. The van der Waals surface area contributed by atoms with Gasteiger partial charge in [-0.15, -0.1) is 0 Å². The Labute approximate surface area is 121 Å². The molecule has 0 amide bonds. The summed E-state index contributed by atoms with van der Waals surface area (Å²) in [5.41, 5.74) is -0.347. The zero-order chi connectivity index (χ0) is 13.8. The second-order valence-corrected chi connectivity index (χ2v) is 8.27. The van der Waals surface area contributed by atoms with Gasteiger partial charge in [0, 0.05) is 11.5 Å². The third-order valence-electron chi connectivity index (χ3n) is 6.48. The van der Waals surface area contributed by atoms with Crippen LogP contribution in [0.25, 0.3) is 0 Å². The second-order valence-electron chi connectivity index (χ2n) is 8.27. The molecule has 5 saturated carbocycles. The number of Topliss-reactive ketones (excluding diaryl/α,β-unsaturated/α-hetero) is 1. The number of aliphatic hydroxyl groups is 1. The van der Waals surface area contributed by atoms with Crippen LogP contribution in [-0.2, 0) is 4.79 Å². The molecular formula is C17H27NO2. The molecule has 4 bridgehead atoms. The van der Waals surface area contributed by atoms with Gasteiger partial charge < -0.3 is 10.4 Å². The van der Waals surface area contributed by atoms with Crippen LogP contribution in [0.2, 0.25) is 0 Å². The maximum Gasteiger partial charge on any atom is 0.149 e. The topological polar surface area (TPSA) is 49.3 Å². The summed E-state index contributed by atoms with van der Waals surface area (Å²) in [7, 11) is 0. The van der Waals surface area contributed by atoms with E-state index in [2.05, 4.69) is 5.32 Å². The summed E-state index contributed by atoms with van der Waals surface area (Å²) < 4.78 is 0. The zero-order valence-electron chi connectivity index (χ0n) is 12.4.